The third kappa shape index (κ3) is 1.99. The molecule has 0 aromatic heterocycles. The van der Waals surface area contributed by atoms with Gasteiger partial charge in [-0.1, -0.05) is 39.7 Å². The molecule has 4 atom stereocenters. The number of carbonyl (C=O) groups excluding carboxylic acids is 1. The zero-order chi connectivity index (χ0) is 15.8. The van der Waals surface area contributed by atoms with Crippen LogP contribution in [0.5, 0.6) is 0 Å². The Hall–Kier alpha value is -0.630. The maximum absolute atomic E-state index is 12.9. The molecule has 0 N–H and O–H groups in total. The van der Waals surface area contributed by atoms with E-state index in [-0.39, 0.29) is 10.8 Å². The van der Waals surface area contributed by atoms with Crippen LogP contribution < -0.4 is 0 Å². The van der Waals surface area contributed by atoms with Crippen LogP contribution >= 0.6 is 0 Å². The van der Waals surface area contributed by atoms with Gasteiger partial charge in [0.2, 0.25) is 0 Å². The van der Waals surface area contributed by atoms with Crippen molar-refractivity contribution in [3.8, 4) is 0 Å². The van der Waals surface area contributed by atoms with Crippen LogP contribution in [0.25, 0.3) is 0 Å². The van der Waals surface area contributed by atoms with Gasteiger partial charge in [-0.3, -0.25) is 4.79 Å². The summed E-state index contributed by atoms with van der Waals surface area (Å²) in [6.07, 6.45) is 8.35. The van der Waals surface area contributed by atoms with E-state index in [2.05, 4.69) is 27.7 Å². The number of hydrogen-bond acceptors (Lipinski definition) is 2. The summed E-state index contributed by atoms with van der Waals surface area (Å²) >= 11 is 0. The molecule has 0 radical (unpaired) electrons. The van der Waals surface area contributed by atoms with Gasteiger partial charge < -0.3 is 4.74 Å². The van der Waals surface area contributed by atoms with E-state index in [0.29, 0.717) is 23.2 Å². The van der Waals surface area contributed by atoms with Crippen molar-refractivity contribution in [2.24, 2.45) is 22.2 Å². The summed E-state index contributed by atoms with van der Waals surface area (Å²) in [7, 11) is 0. The highest BCUT2D eigenvalue weighted by atomic mass is 16.6. The smallest absolute Gasteiger partial charge is 0.159 e. The van der Waals surface area contributed by atoms with E-state index in [1.807, 2.05) is 0 Å². The average Bonchev–Trinajstić information content (AvgIpc) is 3.26. The number of hydrogen-bond donors (Lipinski definition) is 0. The number of ketones is 1. The van der Waals surface area contributed by atoms with Crippen LogP contribution in [0, 0.1) is 22.2 Å². The molecule has 0 bridgehead atoms. The molecule has 3 aliphatic carbocycles. The number of epoxide rings is 1. The Kier molecular flexibility index (Phi) is 3.03. The molecule has 2 fully saturated rings. The predicted octanol–water partition coefficient (Wildman–Crippen LogP) is 4.68. The minimum Gasteiger partial charge on any atom is -0.373 e. The Bertz CT molecular complexity index is 554. The van der Waals surface area contributed by atoms with E-state index in [4.69, 9.17) is 4.74 Å². The standard InChI is InChI=1S/C20H30O2/c1-18(2)7-5-8-20(4)14-6-9-19(3,17-12-22-17)11-13(14)15(21)10-16(18)20/h16-17H,5-12H2,1-4H3/t16-,17-,19+,20-/m1/s1. The van der Waals surface area contributed by atoms with Crippen LogP contribution in [0.2, 0.25) is 0 Å². The Morgan fingerprint density at radius 3 is 2.50 bits per heavy atom. The highest BCUT2D eigenvalue weighted by Crippen LogP contribution is 2.62. The molecule has 22 heavy (non-hydrogen) atoms. The minimum absolute atomic E-state index is 0.210. The topological polar surface area (TPSA) is 29.6 Å². The molecule has 1 aliphatic heterocycles. The third-order valence-corrected chi connectivity index (χ3v) is 7.65. The number of allylic oxidation sites excluding steroid dienone is 2. The molecule has 0 aromatic carbocycles. The van der Waals surface area contributed by atoms with Crippen molar-refractivity contribution in [2.75, 3.05) is 6.61 Å². The molecule has 0 aromatic rings. The lowest BCUT2D eigenvalue weighted by Crippen LogP contribution is -2.49. The van der Waals surface area contributed by atoms with Crippen LogP contribution in [0.3, 0.4) is 0 Å². The largest absolute Gasteiger partial charge is 0.373 e. The molecule has 4 aliphatic rings. The maximum Gasteiger partial charge on any atom is 0.159 e. The van der Waals surface area contributed by atoms with Crippen LogP contribution in [0.1, 0.15) is 72.6 Å². The first-order chi connectivity index (χ1) is 10.3. The van der Waals surface area contributed by atoms with Gasteiger partial charge in [0.15, 0.2) is 5.78 Å². The SMILES string of the molecule is CC1(C)CCC[C@]2(C)C3=C(C[C@@](C)([C@H]4CO4)CC3)C(=O)C[C@H]12. The lowest BCUT2D eigenvalue weighted by molar-refractivity contribution is -0.123. The van der Waals surface area contributed by atoms with Crippen LogP contribution in [-0.2, 0) is 9.53 Å². The number of fused-ring (bicyclic) bond motifs is 2. The van der Waals surface area contributed by atoms with Gasteiger partial charge in [-0.2, -0.15) is 0 Å². The zero-order valence-corrected chi connectivity index (χ0v) is 14.6. The van der Waals surface area contributed by atoms with Gasteiger partial charge in [0.25, 0.3) is 0 Å². The van der Waals surface area contributed by atoms with Crippen molar-refractivity contribution in [3.05, 3.63) is 11.1 Å². The fourth-order valence-electron chi connectivity index (χ4n) is 6.08. The van der Waals surface area contributed by atoms with Crippen molar-refractivity contribution in [1.82, 2.24) is 0 Å². The molecule has 122 valence electrons. The van der Waals surface area contributed by atoms with Gasteiger partial charge in [-0.05, 0) is 54.4 Å². The van der Waals surface area contributed by atoms with Crippen molar-refractivity contribution < 1.29 is 9.53 Å². The highest BCUT2D eigenvalue weighted by molar-refractivity contribution is 5.98. The highest BCUT2D eigenvalue weighted by Gasteiger charge is 2.56. The molecule has 1 saturated heterocycles. The van der Waals surface area contributed by atoms with Crippen LogP contribution in [0.4, 0.5) is 0 Å². The summed E-state index contributed by atoms with van der Waals surface area (Å²) in [5, 5.41) is 0. The van der Waals surface area contributed by atoms with E-state index in [1.165, 1.54) is 31.3 Å². The lowest BCUT2D eigenvalue weighted by Gasteiger charge is -2.56. The molecule has 0 unspecified atom stereocenters. The number of Topliss-reactive ketones (excluding diaryl/α,β-unsaturated/α-hetero) is 1. The first kappa shape index (κ1) is 14.9. The second-order valence-electron chi connectivity index (χ2n) is 9.55. The predicted molar refractivity (Wildman–Crippen MR) is 87.6 cm³/mol. The summed E-state index contributed by atoms with van der Waals surface area (Å²) in [5.41, 5.74) is 3.54. The van der Waals surface area contributed by atoms with Crippen LogP contribution in [0.15, 0.2) is 11.1 Å². The van der Waals surface area contributed by atoms with Crippen LogP contribution in [-0.4, -0.2) is 18.5 Å². The van der Waals surface area contributed by atoms with E-state index in [9.17, 15) is 4.79 Å². The normalized spacial score (nSPS) is 47.0. The van der Waals surface area contributed by atoms with Crippen molar-refractivity contribution in [2.45, 2.75) is 78.7 Å². The van der Waals surface area contributed by atoms with Gasteiger partial charge in [0.1, 0.15) is 0 Å². The molecular weight excluding hydrogens is 272 g/mol. The molecule has 1 heterocycles. The monoisotopic (exact) mass is 302 g/mol. The first-order valence-electron chi connectivity index (χ1n) is 9.14. The fourth-order valence-corrected chi connectivity index (χ4v) is 6.08. The Morgan fingerprint density at radius 2 is 1.82 bits per heavy atom. The second kappa shape index (κ2) is 4.47. The second-order valence-corrected chi connectivity index (χ2v) is 9.55. The van der Waals surface area contributed by atoms with Gasteiger partial charge in [-0.25, -0.2) is 0 Å². The van der Waals surface area contributed by atoms with E-state index < -0.39 is 0 Å². The van der Waals surface area contributed by atoms with Gasteiger partial charge >= 0.3 is 0 Å². The Labute approximate surface area is 134 Å². The summed E-state index contributed by atoms with van der Waals surface area (Å²) in [6, 6.07) is 0. The van der Waals surface area contributed by atoms with E-state index in [1.54, 1.807) is 5.57 Å². The molecule has 4 rings (SSSR count). The molecule has 2 nitrogen and oxygen atoms in total. The average molecular weight is 302 g/mol. The molecule has 0 amide bonds. The van der Waals surface area contributed by atoms with Gasteiger partial charge in [0, 0.05) is 11.8 Å². The van der Waals surface area contributed by atoms with Crippen molar-refractivity contribution in [3.63, 3.8) is 0 Å². The lowest BCUT2D eigenvalue weighted by atomic mass is 9.47. The first-order valence-corrected chi connectivity index (χ1v) is 9.14. The van der Waals surface area contributed by atoms with Crippen molar-refractivity contribution in [1.29, 1.82) is 0 Å². The van der Waals surface area contributed by atoms with E-state index >= 15 is 0 Å². The summed E-state index contributed by atoms with van der Waals surface area (Å²) in [4.78, 5) is 12.9. The molecular formula is C20H30O2. The minimum atomic E-state index is 0.210. The molecule has 0 spiro atoms. The number of carbonyl (C=O) groups is 1. The quantitative estimate of drug-likeness (QED) is 0.658. The Morgan fingerprint density at radius 1 is 1.09 bits per heavy atom. The fraction of sp³-hybridized carbons (Fsp3) is 0.850. The van der Waals surface area contributed by atoms with Gasteiger partial charge in [0.05, 0.1) is 12.7 Å². The number of rotatable bonds is 1. The van der Waals surface area contributed by atoms with Gasteiger partial charge in [-0.15, -0.1) is 0 Å². The summed E-state index contributed by atoms with van der Waals surface area (Å²) in [5.74, 6) is 1.00. The summed E-state index contributed by atoms with van der Waals surface area (Å²) in [6.45, 7) is 10.5. The molecule has 1 saturated carbocycles. The Balaban J connectivity index is 1.75. The third-order valence-electron chi connectivity index (χ3n) is 7.65. The van der Waals surface area contributed by atoms with E-state index in [0.717, 1.165) is 25.9 Å². The zero-order valence-electron chi connectivity index (χ0n) is 14.6. The summed E-state index contributed by atoms with van der Waals surface area (Å²) < 4.78 is 5.60. The number of ether oxygens (including phenoxy) is 1. The van der Waals surface area contributed by atoms with Crippen molar-refractivity contribution >= 4 is 5.78 Å². The maximum atomic E-state index is 12.9. The molecule has 2 heteroatoms.